The summed E-state index contributed by atoms with van der Waals surface area (Å²) in [5.41, 5.74) is -0.376. The fourth-order valence-corrected chi connectivity index (χ4v) is 3.71. The van der Waals surface area contributed by atoms with Gasteiger partial charge >= 0.3 is 5.97 Å². The lowest BCUT2D eigenvalue weighted by molar-refractivity contribution is -0.141. The van der Waals surface area contributed by atoms with Gasteiger partial charge in [0.15, 0.2) is 0 Å². The van der Waals surface area contributed by atoms with Crippen LogP contribution >= 0.6 is 0 Å². The van der Waals surface area contributed by atoms with Gasteiger partial charge in [0.25, 0.3) is 0 Å². The van der Waals surface area contributed by atoms with E-state index in [1.54, 1.807) is 0 Å². The molecule has 0 heterocycles. The summed E-state index contributed by atoms with van der Waals surface area (Å²) in [5.74, 6) is 0.497. The van der Waals surface area contributed by atoms with Gasteiger partial charge in [0.2, 0.25) is 0 Å². The van der Waals surface area contributed by atoms with Crippen LogP contribution in [0, 0.1) is 17.3 Å². The smallest absolute Gasteiger partial charge is 0.305 e. The zero-order valence-electron chi connectivity index (χ0n) is 13.2. The number of rotatable bonds is 5. The van der Waals surface area contributed by atoms with E-state index in [0.29, 0.717) is 18.3 Å². The van der Waals surface area contributed by atoms with Gasteiger partial charge in [0, 0.05) is 6.42 Å². The quantitative estimate of drug-likeness (QED) is 0.777. The number of ether oxygens (including phenoxy) is 1. The van der Waals surface area contributed by atoms with Crippen molar-refractivity contribution >= 4 is 5.97 Å². The van der Waals surface area contributed by atoms with E-state index >= 15 is 0 Å². The molecule has 1 aliphatic carbocycles. The Kier molecular flexibility index (Phi) is 5.43. The molecule has 0 aromatic carbocycles. The number of hydrogen-bond donors (Lipinski definition) is 1. The molecule has 1 aliphatic rings. The Morgan fingerprint density at radius 1 is 1.37 bits per heavy atom. The first-order valence-corrected chi connectivity index (χ1v) is 7.48. The number of esters is 1. The summed E-state index contributed by atoms with van der Waals surface area (Å²) in [6, 6.07) is 0. The highest BCUT2D eigenvalue weighted by Crippen LogP contribution is 2.48. The summed E-state index contributed by atoms with van der Waals surface area (Å²) in [6.07, 6.45) is 5.61. The molecule has 0 aromatic heterocycles. The summed E-state index contributed by atoms with van der Waals surface area (Å²) in [7, 11) is 1.43. The van der Waals surface area contributed by atoms with Crippen molar-refractivity contribution in [2.45, 2.75) is 71.8 Å². The molecule has 0 bridgehead atoms. The Labute approximate surface area is 117 Å². The zero-order chi connectivity index (χ0) is 14.7. The Morgan fingerprint density at radius 2 is 2.00 bits per heavy atom. The molecule has 112 valence electrons. The molecule has 0 unspecified atom stereocenters. The van der Waals surface area contributed by atoms with Crippen LogP contribution in [0.15, 0.2) is 0 Å². The second-order valence-electron chi connectivity index (χ2n) is 7.21. The molecule has 0 aromatic rings. The van der Waals surface area contributed by atoms with Crippen LogP contribution < -0.4 is 0 Å². The summed E-state index contributed by atoms with van der Waals surface area (Å²) in [6.45, 7) is 8.58. The third-order valence-corrected chi connectivity index (χ3v) is 4.89. The first-order valence-electron chi connectivity index (χ1n) is 7.48. The second kappa shape index (κ2) is 6.25. The fraction of sp³-hybridized carbons (Fsp3) is 0.938. The molecular weight excluding hydrogens is 240 g/mol. The third kappa shape index (κ3) is 4.48. The van der Waals surface area contributed by atoms with Gasteiger partial charge in [-0.3, -0.25) is 4.79 Å². The first kappa shape index (κ1) is 16.5. The number of methoxy groups -OCH3 is 1. The minimum absolute atomic E-state index is 0.137. The van der Waals surface area contributed by atoms with Crippen LogP contribution in [0.5, 0.6) is 0 Å². The third-order valence-electron chi connectivity index (χ3n) is 4.89. The Morgan fingerprint density at radius 3 is 2.53 bits per heavy atom. The normalized spacial score (nSPS) is 31.8. The van der Waals surface area contributed by atoms with E-state index in [1.165, 1.54) is 13.5 Å². The minimum Gasteiger partial charge on any atom is -0.469 e. The van der Waals surface area contributed by atoms with Crippen LogP contribution in [0.1, 0.15) is 66.2 Å². The van der Waals surface area contributed by atoms with E-state index in [9.17, 15) is 9.90 Å². The summed E-state index contributed by atoms with van der Waals surface area (Å²) in [4.78, 5) is 11.3. The van der Waals surface area contributed by atoms with Crippen molar-refractivity contribution < 1.29 is 14.6 Å². The van der Waals surface area contributed by atoms with Gasteiger partial charge in [-0.25, -0.2) is 0 Å². The molecule has 0 saturated heterocycles. The van der Waals surface area contributed by atoms with Gasteiger partial charge in [0.1, 0.15) is 0 Å². The summed E-state index contributed by atoms with van der Waals surface area (Å²) in [5, 5.41) is 10.6. The van der Waals surface area contributed by atoms with E-state index in [-0.39, 0.29) is 11.4 Å². The lowest BCUT2D eigenvalue weighted by Crippen LogP contribution is -2.47. The standard InChI is InChI=1S/C16H30O3/c1-12(11-14(17)19-5)7-8-13-15(2,3)9-6-10-16(13,4)18/h12-13,18H,6-11H2,1-5H3/t12-,13-,16-/m1/s1. The molecule has 3 heteroatoms. The molecule has 1 fully saturated rings. The van der Waals surface area contributed by atoms with Crippen LogP contribution in [0.25, 0.3) is 0 Å². The summed E-state index contributed by atoms with van der Waals surface area (Å²) >= 11 is 0. The van der Waals surface area contributed by atoms with Crippen LogP contribution in [-0.2, 0) is 9.53 Å². The second-order valence-corrected chi connectivity index (χ2v) is 7.21. The molecule has 3 nitrogen and oxygen atoms in total. The maximum Gasteiger partial charge on any atom is 0.305 e. The number of carbonyl (C=O) groups is 1. The monoisotopic (exact) mass is 270 g/mol. The molecule has 3 atom stereocenters. The molecular formula is C16H30O3. The number of carbonyl (C=O) groups excluding carboxylic acids is 1. The van der Waals surface area contributed by atoms with Gasteiger partial charge in [-0.05, 0) is 49.9 Å². The molecule has 0 radical (unpaired) electrons. The number of hydrogen-bond acceptors (Lipinski definition) is 3. The maximum atomic E-state index is 11.3. The van der Waals surface area contributed by atoms with E-state index in [4.69, 9.17) is 4.74 Å². The van der Waals surface area contributed by atoms with Crippen molar-refractivity contribution in [1.82, 2.24) is 0 Å². The average molecular weight is 270 g/mol. The van der Waals surface area contributed by atoms with Gasteiger partial charge in [0.05, 0.1) is 12.7 Å². The number of aliphatic hydroxyl groups is 1. The van der Waals surface area contributed by atoms with Gasteiger partial charge in [-0.15, -0.1) is 0 Å². The highest BCUT2D eigenvalue weighted by molar-refractivity contribution is 5.69. The van der Waals surface area contributed by atoms with Crippen molar-refractivity contribution in [3.05, 3.63) is 0 Å². The first-order chi connectivity index (χ1) is 8.69. The summed E-state index contributed by atoms with van der Waals surface area (Å²) < 4.78 is 4.71. The maximum absolute atomic E-state index is 11.3. The van der Waals surface area contributed by atoms with Crippen molar-refractivity contribution in [1.29, 1.82) is 0 Å². The van der Waals surface area contributed by atoms with Crippen LogP contribution in [0.3, 0.4) is 0 Å². The van der Waals surface area contributed by atoms with Crippen molar-refractivity contribution in [2.75, 3.05) is 7.11 Å². The van der Waals surface area contributed by atoms with Gasteiger partial charge < -0.3 is 9.84 Å². The van der Waals surface area contributed by atoms with Crippen molar-refractivity contribution in [3.8, 4) is 0 Å². The average Bonchev–Trinajstić information content (AvgIpc) is 2.26. The highest BCUT2D eigenvalue weighted by atomic mass is 16.5. The molecule has 1 saturated carbocycles. The Hall–Kier alpha value is -0.570. The largest absolute Gasteiger partial charge is 0.469 e. The van der Waals surface area contributed by atoms with Crippen molar-refractivity contribution in [2.24, 2.45) is 17.3 Å². The van der Waals surface area contributed by atoms with Crippen LogP contribution in [-0.4, -0.2) is 23.8 Å². The van der Waals surface area contributed by atoms with Gasteiger partial charge in [-0.2, -0.15) is 0 Å². The molecule has 1 rings (SSSR count). The van der Waals surface area contributed by atoms with Crippen LogP contribution in [0.4, 0.5) is 0 Å². The van der Waals surface area contributed by atoms with Gasteiger partial charge in [-0.1, -0.05) is 27.2 Å². The van der Waals surface area contributed by atoms with Crippen LogP contribution in [0.2, 0.25) is 0 Å². The van der Waals surface area contributed by atoms with Crippen molar-refractivity contribution in [3.63, 3.8) is 0 Å². The van der Waals surface area contributed by atoms with E-state index in [2.05, 4.69) is 20.8 Å². The highest BCUT2D eigenvalue weighted by Gasteiger charge is 2.44. The molecule has 19 heavy (non-hydrogen) atoms. The Bertz CT molecular complexity index is 291. The predicted octanol–water partition coefficient (Wildman–Crippen LogP) is 3.54. The predicted molar refractivity (Wildman–Crippen MR) is 76.8 cm³/mol. The van der Waals surface area contributed by atoms with E-state index < -0.39 is 5.60 Å². The fourth-order valence-electron chi connectivity index (χ4n) is 3.71. The van der Waals surface area contributed by atoms with E-state index in [1.807, 2.05) is 6.92 Å². The molecule has 0 aliphatic heterocycles. The minimum atomic E-state index is -0.563. The van der Waals surface area contributed by atoms with E-state index in [0.717, 1.165) is 25.7 Å². The molecule has 0 spiro atoms. The Balaban J connectivity index is 2.55. The zero-order valence-corrected chi connectivity index (χ0v) is 13.2. The lowest BCUT2D eigenvalue weighted by atomic mass is 9.60. The molecule has 1 N–H and O–H groups in total. The molecule has 0 amide bonds. The SMILES string of the molecule is COC(=O)C[C@H](C)CC[C@@H]1C(C)(C)CCC[C@@]1(C)O. The topological polar surface area (TPSA) is 46.5 Å². The lowest BCUT2D eigenvalue weighted by Gasteiger charge is -2.48.